The molecule has 1 saturated heterocycles. The van der Waals surface area contributed by atoms with Gasteiger partial charge in [0, 0.05) is 25.6 Å². The second-order valence-electron chi connectivity index (χ2n) is 12.9. The van der Waals surface area contributed by atoms with Crippen LogP contribution in [0.15, 0.2) is 50.7 Å². The van der Waals surface area contributed by atoms with Gasteiger partial charge in [-0.25, -0.2) is 19.1 Å². The van der Waals surface area contributed by atoms with Crippen molar-refractivity contribution in [3.8, 4) is 16.5 Å². The van der Waals surface area contributed by atoms with Gasteiger partial charge in [0.2, 0.25) is 11.8 Å². The minimum Gasteiger partial charge on any atom is -0.496 e. The Balaban J connectivity index is 1.44. The molecule has 0 bridgehead atoms. The summed E-state index contributed by atoms with van der Waals surface area (Å²) in [5, 5.41) is 10.3. The lowest BCUT2D eigenvalue weighted by Crippen LogP contribution is -2.53. The third kappa shape index (κ3) is 5.34. The maximum atomic E-state index is 14.3. The van der Waals surface area contributed by atoms with Crippen LogP contribution in [-0.4, -0.2) is 62.3 Å². The molecule has 1 N–H and O–H groups in total. The first kappa shape index (κ1) is 31.7. The SMILES string of the molecule is COc1ccccc1C(Cn1c(=O)n(C(C)(C)C(=O)O)c(=O)c2c(C)c(-c3ncco3)sc21)OC1CC2(CCN(C(C)=O)CC2)C1. The Bertz CT molecular complexity index is 1910. The second kappa shape index (κ2) is 11.8. The summed E-state index contributed by atoms with van der Waals surface area (Å²) in [6.07, 6.45) is 5.65. The van der Waals surface area contributed by atoms with Crippen LogP contribution >= 0.6 is 11.3 Å². The summed E-state index contributed by atoms with van der Waals surface area (Å²) in [6.45, 7) is 7.48. The van der Waals surface area contributed by atoms with E-state index in [1.165, 1.54) is 42.2 Å². The molecule has 1 saturated carbocycles. The molecule has 4 aromatic rings. The van der Waals surface area contributed by atoms with Crippen LogP contribution in [0.2, 0.25) is 0 Å². The number of likely N-dealkylation sites (tertiary alicyclic amines) is 1. The largest absolute Gasteiger partial charge is 0.496 e. The van der Waals surface area contributed by atoms with Gasteiger partial charge in [-0.1, -0.05) is 18.2 Å². The molecular weight excluding hydrogens is 612 g/mol. The van der Waals surface area contributed by atoms with Gasteiger partial charge >= 0.3 is 11.7 Å². The molecule has 244 valence electrons. The van der Waals surface area contributed by atoms with Crippen molar-refractivity contribution < 1.29 is 28.6 Å². The molecule has 4 heterocycles. The molecular formula is C33H38N4O8S. The number of carboxylic acids is 1. The number of methoxy groups -OCH3 is 1. The van der Waals surface area contributed by atoms with Gasteiger partial charge in [0.15, 0.2) is 0 Å². The molecule has 2 aliphatic rings. The zero-order valence-electron chi connectivity index (χ0n) is 26.6. The van der Waals surface area contributed by atoms with Crippen LogP contribution in [0.1, 0.15) is 63.7 Å². The first-order valence-corrected chi connectivity index (χ1v) is 16.1. The Kier molecular flexibility index (Phi) is 8.18. The summed E-state index contributed by atoms with van der Waals surface area (Å²) >= 11 is 1.20. The molecule has 1 aliphatic heterocycles. The summed E-state index contributed by atoms with van der Waals surface area (Å²) < 4.78 is 20.3. The van der Waals surface area contributed by atoms with E-state index in [4.69, 9.17) is 13.9 Å². The molecule has 1 spiro atoms. The van der Waals surface area contributed by atoms with Gasteiger partial charge in [-0.05, 0) is 63.5 Å². The molecule has 1 aliphatic carbocycles. The lowest BCUT2D eigenvalue weighted by atomic mass is 9.61. The average Bonchev–Trinajstić information content (AvgIpc) is 3.66. The van der Waals surface area contributed by atoms with E-state index in [1.807, 2.05) is 29.2 Å². The summed E-state index contributed by atoms with van der Waals surface area (Å²) in [5.41, 5.74) is -1.89. The Labute approximate surface area is 269 Å². The number of nitrogens with zero attached hydrogens (tertiary/aromatic N) is 4. The van der Waals surface area contributed by atoms with Gasteiger partial charge in [-0.3, -0.25) is 14.2 Å². The number of hydrogen-bond donors (Lipinski definition) is 1. The third-order valence-corrected chi connectivity index (χ3v) is 11.0. The maximum absolute atomic E-state index is 14.3. The summed E-state index contributed by atoms with van der Waals surface area (Å²) in [4.78, 5) is 59.6. The maximum Gasteiger partial charge on any atom is 0.333 e. The number of carbonyl (C=O) groups excluding carboxylic acids is 1. The Hall–Kier alpha value is -4.23. The van der Waals surface area contributed by atoms with E-state index in [-0.39, 0.29) is 29.4 Å². The summed E-state index contributed by atoms with van der Waals surface area (Å²) in [7, 11) is 1.57. The van der Waals surface area contributed by atoms with Crippen molar-refractivity contribution in [3.63, 3.8) is 0 Å². The highest BCUT2D eigenvalue weighted by Crippen LogP contribution is 2.52. The number of aliphatic carboxylic acids is 1. The summed E-state index contributed by atoms with van der Waals surface area (Å²) in [6, 6.07) is 7.44. The van der Waals surface area contributed by atoms with Crippen LogP contribution in [0.25, 0.3) is 21.0 Å². The van der Waals surface area contributed by atoms with Gasteiger partial charge in [0.05, 0.1) is 36.2 Å². The number of carboxylic acid groups (broad SMARTS) is 1. The van der Waals surface area contributed by atoms with Gasteiger partial charge in [-0.15, -0.1) is 11.3 Å². The van der Waals surface area contributed by atoms with E-state index in [2.05, 4.69) is 4.98 Å². The molecule has 1 atom stereocenters. The van der Waals surface area contributed by atoms with E-state index in [9.17, 15) is 24.3 Å². The molecule has 12 nitrogen and oxygen atoms in total. The van der Waals surface area contributed by atoms with Crippen LogP contribution in [0, 0.1) is 12.3 Å². The fraction of sp³-hybridized carbons (Fsp3) is 0.485. The number of aryl methyl sites for hydroxylation is 1. The average molecular weight is 651 g/mol. The number of benzene rings is 1. The van der Waals surface area contributed by atoms with Gasteiger partial charge in [-0.2, -0.15) is 0 Å². The highest BCUT2D eigenvalue weighted by Gasteiger charge is 2.48. The van der Waals surface area contributed by atoms with Crippen molar-refractivity contribution in [2.45, 2.75) is 77.7 Å². The van der Waals surface area contributed by atoms with E-state index in [0.717, 1.165) is 48.9 Å². The number of oxazole rings is 1. The highest BCUT2D eigenvalue weighted by atomic mass is 32.1. The van der Waals surface area contributed by atoms with Gasteiger partial charge < -0.3 is 23.9 Å². The number of amides is 1. The molecule has 1 aromatic carbocycles. The van der Waals surface area contributed by atoms with Crippen molar-refractivity contribution in [2.75, 3.05) is 20.2 Å². The van der Waals surface area contributed by atoms with Crippen LogP contribution in [0.4, 0.5) is 0 Å². The lowest BCUT2D eigenvalue weighted by molar-refractivity contribution is -0.147. The zero-order chi connectivity index (χ0) is 33.0. The molecule has 3 aromatic heterocycles. The minimum atomic E-state index is -1.84. The van der Waals surface area contributed by atoms with E-state index < -0.39 is 28.9 Å². The number of hydrogen-bond acceptors (Lipinski definition) is 9. The number of aromatic nitrogens is 3. The lowest BCUT2D eigenvalue weighted by Gasteiger charge is -2.52. The van der Waals surface area contributed by atoms with Gasteiger partial charge in [0.1, 0.15) is 28.5 Å². The van der Waals surface area contributed by atoms with E-state index in [0.29, 0.717) is 26.9 Å². The number of carbonyl (C=O) groups is 2. The van der Waals surface area contributed by atoms with E-state index >= 15 is 0 Å². The topological polar surface area (TPSA) is 146 Å². The fourth-order valence-electron chi connectivity index (χ4n) is 6.89. The van der Waals surface area contributed by atoms with Crippen LogP contribution < -0.4 is 16.0 Å². The molecule has 0 radical (unpaired) electrons. The Morgan fingerprint density at radius 2 is 1.89 bits per heavy atom. The molecule has 6 rings (SSSR count). The Morgan fingerprint density at radius 1 is 1.20 bits per heavy atom. The zero-order valence-corrected chi connectivity index (χ0v) is 27.4. The van der Waals surface area contributed by atoms with Crippen molar-refractivity contribution >= 4 is 33.4 Å². The van der Waals surface area contributed by atoms with Crippen LogP contribution in [-0.2, 0) is 26.4 Å². The van der Waals surface area contributed by atoms with Crippen LogP contribution in [0.5, 0.6) is 5.75 Å². The van der Waals surface area contributed by atoms with Crippen molar-refractivity contribution in [1.82, 2.24) is 19.0 Å². The first-order chi connectivity index (χ1) is 21.9. The number of fused-ring (bicyclic) bond motifs is 1. The standard InChI is InChI=1S/C33H38N4O8S/c1-19-25-28(39)37(32(3,4)30(40)41)31(42)36(29(25)46-26(19)27-34-12-15-44-27)18-24(22-8-6-7-9-23(22)43-5)45-21-16-33(17-21)10-13-35(14-11-33)20(2)38/h6-9,12,15,21,24H,10-11,13-14,16-18H2,1-5H3,(H,40,41). The summed E-state index contributed by atoms with van der Waals surface area (Å²) in [5.74, 6) is -0.333. The molecule has 13 heteroatoms. The number of ether oxygens (including phenoxy) is 2. The first-order valence-electron chi connectivity index (χ1n) is 15.3. The van der Waals surface area contributed by atoms with Crippen LogP contribution in [0.3, 0.4) is 0 Å². The highest BCUT2D eigenvalue weighted by molar-refractivity contribution is 7.22. The molecule has 2 fully saturated rings. The number of piperidine rings is 1. The van der Waals surface area contributed by atoms with E-state index in [1.54, 1.807) is 21.0 Å². The predicted octanol–water partition coefficient (Wildman–Crippen LogP) is 4.57. The smallest absolute Gasteiger partial charge is 0.333 e. The monoisotopic (exact) mass is 650 g/mol. The molecule has 1 amide bonds. The number of rotatable bonds is 9. The Morgan fingerprint density at radius 3 is 2.50 bits per heavy atom. The second-order valence-corrected chi connectivity index (χ2v) is 13.9. The third-order valence-electron chi connectivity index (χ3n) is 9.70. The fourth-order valence-corrected chi connectivity index (χ4v) is 8.13. The minimum absolute atomic E-state index is 0.00171. The number of thiophene rings is 1. The predicted molar refractivity (Wildman–Crippen MR) is 171 cm³/mol. The van der Waals surface area contributed by atoms with Crippen molar-refractivity contribution in [3.05, 3.63) is 68.7 Å². The number of para-hydroxylation sites is 1. The van der Waals surface area contributed by atoms with Crippen molar-refractivity contribution in [1.29, 1.82) is 0 Å². The van der Waals surface area contributed by atoms with Gasteiger partial charge in [0.25, 0.3) is 5.56 Å². The quantitative estimate of drug-likeness (QED) is 0.275. The molecule has 46 heavy (non-hydrogen) atoms. The molecule has 1 unspecified atom stereocenters. The normalized spacial score (nSPS) is 17.3. The van der Waals surface area contributed by atoms with Crippen molar-refractivity contribution in [2.24, 2.45) is 5.41 Å².